The zero-order valence-corrected chi connectivity index (χ0v) is 22.9. The Morgan fingerprint density at radius 3 is 2.53 bits per heavy atom. The molecule has 36 heavy (non-hydrogen) atoms. The lowest BCUT2D eigenvalue weighted by atomic mass is 10.0. The summed E-state index contributed by atoms with van der Waals surface area (Å²) in [4.78, 5) is 46.3. The van der Waals surface area contributed by atoms with Crippen LogP contribution in [0.1, 0.15) is 25.8 Å². The van der Waals surface area contributed by atoms with E-state index in [1.165, 1.54) is 18.7 Å². The van der Waals surface area contributed by atoms with E-state index in [0.29, 0.717) is 30.3 Å². The molecule has 0 aliphatic carbocycles. The molecule has 0 saturated carbocycles. The summed E-state index contributed by atoms with van der Waals surface area (Å²) in [6.45, 7) is 3.21. The summed E-state index contributed by atoms with van der Waals surface area (Å²) in [6, 6.07) is 9.60. The molecule has 0 radical (unpaired) electrons. The van der Waals surface area contributed by atoms with E-state index in [2.05, 4.69) is 14.8 Å². The van der Waals surface area contributed by atoms with Crippen molar-refractivity contribution in [3.8, 4) is 0 Å². The second-order valence-corrected chi connectivity index (χ2v) is 11.0. The fourth-order valence-corrected chi connectivity index (χ4v) is 5.99. The Balaban J connectivity index is 2.47. The average molecular weight is 563 g/mol. The van der Waals surface area contributed by atoms with Crippen molar-refractivity contribution in [1.29, 1.82) is 0 Å². The van der Waals surface area contributed by atoms with Gasteiger partial charge in [0.25, 0.3) is 6.47 Å². The molecule has 0 aliphatic heterocycles. The largest absolute Gasteiger partial charge is 0.511 e. The molecule has 0 spiro atoms. The molecule has 0 fully saturated rings. The zero-order chi connectivity index (χ0) is 26.6. The van der Waals surface area contributed by atoms with E-state index in [1.807, 2.05) is 30.3 Å². The maximum absolute atomic E-state index is 12.8. The number of esters is 1. The van der Waals surface area contributed by atoms with Gasteiger partial charge in [0.1, 0.15) is 12.5 Å². The first-order chi connectivity index (χ1) is 17.3. The number of ether oxygens (including phenoxy) is 4. The molecule has 0 bridgehead atoms. The van der Waals surface area contributed by atoms with Crippen LogP contribution < -0.4 is 11.1 Å². The standard InChI is InChI=1S/C23H34N2O8S3/c1-3-31-23(29)33-17(2)32-21(27)12-25-22(28)19(11-18-7-5-4-6-8-18)13-35-36-14-20(24)9-10-34-16-30-15-26/h4-8,15,17,19-20H,3,9-14,16,24H2,1-2H3,(H,25,28)/t17?,19-,20+/m1/s1. The second kappa shape index (κ2) is 20.0. The van der Waals surface area contributed by atoms with Gasteiger partial charge in [-0.15, -0.1) is 11.8 Å². The quantitative estimate of drug-likeness (QED) is 0.0639. The van der Waals surface area contributed by atoms with Gasteiger partial charge in [0.05, 0.1) is 12.5 Å². The van der Waals surface area contributed by atoms with Crippen LogP contribution in [0.5, 0.6) is 0 Å². The Kier molecular flexibility index (Phi) is 17.8. The lowest BCUT2D eigenvalue weighted by Gasteiger charge is -2.18. The topological polar surface area (TPSA) is 143 Å². The summed E-state index contributed by atoms with van der Waals surface area (Å²) in [6.07, 6.45) is -0.781. The van der Waals surface area contributed by atoms with Gasteiger partial charge >= 0.3 is 12.1 Å². The molecule has 1 aromatic rings. The number of carbonyl (C=O) groups is 4. The van der Waals surface area contributed by atoms with Crippen LogP contribution >= 0.6 is 33.3 Å². The van der Waals surface area contributed by atoms with Gasteiger partial charge in [-0.3, -0.25) is 14.4 Å². The van der Waals surface area contributed by atoms with Crippen molar-refractivity contribution >= 4 is 57.9 Å². The third-order valence-corrected chi connectivity index (χ3v) is 7.82. The number of amides is 1. The minimum Gasteiger partial charge on any atom is -0.457 e. The number of carbonyl (C=O) groups excluding carboxylic acids is 4. The van der Waals surface area contributed by atoms with E-state index in [-0.39, 0.29) is 31.0 Å². The normalized spacial score (nSPS) is 13.1. The lowest BCUT2D eigenvalue weighted by Crippen LogP contribution is -2.38. The number of nitrogens with two attached hydrogens (primary N) is 1. The van der Waals surface area contributed by atoms with E-state index < -0.39 is 18.4 Å². The first-order valence-corrected chi connectivity index (χ1v) is 15.0. The predicted octanol–water partition coefficient (Wildman–Crippen LogP) is 2.99. The van der Waals surface area contributed by atoms with Crippen LogP contribution in [0.2, 0.25) is 0 Å². The van der Waals surface area contributed by atoms with E-state index in [4.69, 9.17) is 15.2 Å². The Morgan fingerprint density at radius 2 is 1.83 bits per heavy atom. The summed E-state index contributed by atoms with van der Waals surface area (Å²) >= 11 is 1.50. The van der Waals surface area contributed by atoms with Crippen molar-refractivity contribution in [2.24, 2.45) is 11.7 Å². The van der Waals surface area contributed by atoms with Crippen LogP contribution in [-0.4, -0.2) is 73.2 Å². The van der Waals surface area contributed by atoms with E-state index in [0.717, 1.165) is 17.7 Å². The third kappa shape index (κ3) is 15.8. The van der Waals surface area contributed by atoms with E-state index in [1.54, 1.807) is 28.5 Å². The first-order valence-electron chi connectivity index (χ1n) is 11.3. The van der Waals surface area contributed by atoms with Crippen LogP contribution in [0.3, 0.4) is 0 Å². The number of rotatable bonds is 19. The summed E-state index contributed by atoms with van der Waals surface area (Å²) in [5.41, 5.74) is 7.14. The summed E-state index contributed by atoms with van der Waals surface area (Å²) in [5.74, 6) is 0.958. The number of thioether (sulfide) groups is 1. The minimum absolute atomic E-state index is 0.0128. The SMILES string of the molecule is CCOC(=O)OC(C)OC(=O)CNC(=O)[C@@H](CSSC[C@@H](N)CCSCOC=O)Cc1ccccc1. The zero-order valence-electron chi connectivity index (χ0n) is 20.4. The Labute approximate surface area is 223 Å². The smallest absolute Gasteiger partial charge is 0.457 e. The fourth-order valence-electron chi connectivity index (χ4n) is 2.69. The number of hydrogen-bond donors (Lipinski definition) is 2. The molecule has 0 aromatic heterocycles. The first kappa shape index (κ1) is 31.9. The molecule has 202 valence electrons. The highest BCUT2D eigenvalue weighted by atomic mass is 33.1. The molecule has 13 heteroatoms. The molecule has 3 atom stereocenters. The number of hydrogen-bond acceptors (Lipinski definition) is 12. The van der Waals surface area contributed by atoms with Gasteiger partial charge in [0.15, 0.2) is 0 Å². The van der Waals surface area contributed by atoms with Gasteiger partial charge in [-0.25, -0.2) is 4.79 Å². The van der Waals surface area contributed by atoms with Crippen LogP contribution in [0.4, 0.5) is 4.79 Å². The van der Waals surface area contributed by atoms with Gasteiger partial charge in [-0.05, 0) is 31.1 Å². The molecule has 3 N–H and O–H groups in total. The highest BCUT2D eigenvalue weighted by molar-refractivity contribution is 8.76. The van der Waals surface area contributed by atoms with Gasteiger partial charge in [0.2, 0.25) is 12.2 Å². The predicted molar refractivity (Wildman–Crippen MR) is 142 cm³/mol. The highest BCUT2D eigenvalue weighted by Gasteiger charge is 2.22. The fraction of sp³-hybridized carbons (Fsp3) is 0.565. The summed E-state index contributed by atoms with van der Waals surface area (Å²) in [7, 11) is 3.14. The molecule has 1 aromatic carbocycles. The van der Waals surface area contributed by atoms with Gasteiger partial charge in [-0.2, -0.15) is 0 Å². The van der Waals surface area contributed by atoms with Crippen molar-refractivity contribution in [1.82, 2.24) is 5.32 Å². The Hall–Kier alpha value is -2.09. The maximum atomic E-state index is 12.8. The lowest BCUT2D eigenvalue weighted by molar-refractivity contribution is -0.167. The molecule has 0 heterocycles. The van der Waals surface area contributed by atoms with Crippen LogP contribution in [-0.2, 0) is 39.8 Å². The molecule has 1 rings (SSSR count). The molecular formula is C23H34N2O8S3. The molecule has 1 amide bonds. The van der Waals surface area contributed by atoms with Crippen molar-refractivity contribution in [2.45, 2.75) is 39.0 Å². The molecule has 1 unspecified atom stereocenters. The summed E-state index contributed by atoms with van der Waals surface area (Å²) < 4.78 is 19.0. The van der Waals surface area contributed by atoms with Gasteiger partial charge in [-0.1, -0.05) is 51.9 Å². The second-order valence-electron chi connectivity index (χ2n) is 7.37. The monoisotopic (exact) mass is 562 g/mol. The Morgan fingerprint density at radius 1 is 1.11 bits per heavy atom. The van der Waals surface area contributed by atoms with Crippen molar-refractivity contribution in [2.75, 3.05) is 36.3 Å². The molecular weight excluding hydrogens is 528 g/mol. The third-order valence-electron chi connectivity index (χ3n) is 4.41. The highest BCUT2D eigenvalue weighted by Crippen LogP contribution is 2.27. The minimum atomic E-state index is -1.14. The number of benzene rings is 1. The molecule has 0 saturated heterocycles. The van der Waals surface area contributed by atoms with Crippen LogP contribution in [0.15, 0.2) is 30.3 Å². The van der Waals surface area contributed by atoms with Crippen LogP contribution in [0.25, 0.3) is 0 Å². The van der Waals surface area contributed by atoms with E-state index >= 15 is 0 Å². The molecule has 0 aliphatic rings. The van der Waals surface area contributed by atoms with E-state index in [9.17, 15) is 19.2 Å². The van der Waals surface area contributed by atoms with Gasteiger partial charge in [0, 0.05) is 24.5 Å². The number of nitrogens with one attached hydrogen (secondary N) is 1. The van der Waals surface area contributed by atoms with Crippen LogP contribution in [0, 0.1) is 5.92 Å². The van der Waals surface area contributed by atoms with Crippen molar-refractivity contribution in [3.05, 3.63) is 35.9 Å². The average Bonchev–Trinajstić information content (AvgIpc) is 2.84. The molecule has 10 nitrogen and oxygen atoms in total. The van der Waals surface area contributed by atoms with Crippen molar-refractivity contribution in [3.63, 3.8) is 0 Å². The summed E-state index contributed by atoms with van der Waals surface area (Å²) in [5, 5.41) is 2.61. The van der Waals surface area contributed by atoms with Gasteiger partial charge < -0.3 is 30.0 Å². The van der Waals surface area contributed by atoms with Crippen molar-refractivity contribution < 1.29 is 38.1 Å². The maximum Gasteiger partial charge on any atom is 0.511 e. The Bertz CT molecular complexity index is 788.